The van der Waals surface area contributed by atoms with E-state index < -0.39 is 4.92 Å². The highest BCUT2D eigenvalue weighted by Crippen LogP contribution is 2.25. The van der Waals surface area contributed by atoms with Crippen molar-refractivity contribution in [1.29, 1.82) is 0 Å². The molecule has 1 unspecified atom stereocenters. The van der Waals surface area contributed by atoms with Crippen LogP contribution >= 0.6 is 11.6 Å². The molecule has 0 fully saturated rings. The molecular formula is C9H12ClN3O3. The molecule has 0 aliphatic heterocycles. The zero-order chi connectivity index (χ0) is 12.1. The standard InChI is InChI=1S/C9H12ClN3O3/c1-6(2-3-14)12-9-8(13(15)16)4-7(10)5-11-9/h4-6,14H,2-3H2,1H3,(H,11,12). The van der Waals surface area contributed by atoms with Crippen LogP contribution in [-0.2, 0) is 0 Å². The van der Waals surface area contributed by atoms with Crippen molar-refractivity contribution >= 4 is 23.1 Å². The van der Waals surface area contributed by atoms with Gasteiger partial charge in [-0.05, 0) is 13.3 Å². The molecule has 0 aliphatic rings. The van der Waals surface area contributed by atoms with E-state index in [1.54, 1.807) is 6.92 Å². The average Bonchev–Trinajstić information content (AvgIpc) is 2.20. The van der Waals surface area contributed by atoms with Crippen LogP contribution < -0.4 is 5.32 Å². The Bertz CT molecular complexity index is 386. The normalized spacial score (nSPS) is 12.2. The van der Waals surface area contributed by atoms with Gasteiger partial charge in [0, 0.05) is 24.9 Å². The summed E-state index contributed by atoms with van der Waals surface area (Å²) in [7, 11) is 0. The molecule has 0 spiro atoms. The molecule has 7 heteroatoms. The maximum Gasteiger partial charge on any atom is 0.312 e. The number of aliphatic hydroxyl groups is 1. The van der Waals surface area contributed by atoms with E-state index in [1.165, 1.54) is 12.3 Å². The van der Waals surface area contributed by atoms with Crippen LogP contribution in [0, 0.1) is 10.1 Å². The van der Waals surface area contributed by atoms with E-state index in [4.69, 9.17) is 16.7 Å². The minimum absolute atomic E-state index is 0.00948. The van der Waals surface area contributed by atoms with E-state index in [0.717, 1.165) is 0 Å². The Morgan fingerprint density at radius 3 is 3.00 bits per heavy atom. The van der Waals surface area contributed by atoms with Crippen molar-refractivity contribution in [3.05, 3.63) is 27.4 Å². The van der Waals surface area contributed by atoms with Crippen LogP contribution in [0.15, 0.2) is 12.3 Å². The first-order chi connectivity index (χ1) is 7.54. The molecular weight excluding hydrogens is 234 g/mol. The smallest absolute Gasteiger partial charge is 0.312 e. The Kier molecular flexibility index (Phi) is 4.45. The van der Waals surface area contributed by atoms with Gasteiger partial charge >= 0.3 is 5.69 Å². The average molecular weight is 246 g/mol. The summed E-state index contributed by atoms with van der Waals surface area (Å²) in [6, 6.07) is 1.14. The molecule has 1 heterocycles. The van der Waals surface area contributed by atoms with Crippen LogP contribution in [0.1, 0.15) is 13.3 Å². The first-order valence-electron chi connectivity index (χ1n) is 4.72. The maximum atomic E-state index is 10.7. The van der Waals surface area contributed by atoms with E-state index in [0.29, 0.717) is 6.42 Å². The molecule has 0 aliphatic carbocycles. The molecule has 1 aromatic heterocycles. The van der Waals surface area contributed by atoms with Gasteiger partial charge in [0.25, 0.3) is 0 Å². The van der Waals surface area contributed by atoms with Crippen molar-refractivity contribution in [2.24, 2.45) is 0 Å². The van der Waals surface area contributed by atoms with Crippen LogP contribution in [0.5, 0.6) is 0 Å². The number of aliphatic hydroxyl groups excluding tert-OH is 1. The van der Waals surface area contributed by atoms with Gasteiger partial charge in [-0.3, -0.25) is 10.1 Å². The second-order valence-corrected chi connectivity index (χ2v) is 3.77. The Morgan fingerprint density at radius 2 is 2.44 bits per heavy atom. The van der Waals surface area contributed by atoms with Gasteiger partial charge in [0.15, 0.2) is 0 Å². The van der Waals surface area contributed by atoms with Gasteiger partial charge in [-0.15, -0.1) is 0 Å². The van der Waals surface area contributed by atoms with Crippen molar-refractivity contribution in [3.8, 4) is 0 Å². The maximum absolute atomic E-state index is 10.7. The number of hydrogen-bond acceptors (Lipinski definition) is 5. The molecule has 88 valence electrons. The molecule has 1 atom stereocenters. The zero-order valence-electron chi connectivity index (χ0n) is 8.68. The summed E-state index contributed by atoms with van der Waals surface area (Å²) in [5.41, 5.74) is -0.169. The topological polar surface area (TPSA) is 88.3 Å². The minimum atomic E-state index is -0.549. The Labute approximate surface area is 97.4 Å². The van der Waals surface area contributed by atoms with E-state index >= 15 is 0 Å². The second kappa shape index (κ2) is 5.62. The van der Waals surface area contributed by atoms with Crippen molar-refractivity contribution in [2.45, 2.75) is 19.4 Å². The van der Waals surface area contributed by atoms with Gasteiger partial charge in [0.05, 0.1) is 9.95 Å². The van der Waals surface area contributed by atoms with Gasteiger partial charge < -0.3 is 10.4 Å². The molecule has 0 amide bonds. The SMILES string of the molecule is CC(CCO)Nc1ncc(Cl)cc1[N+](=O)[O-]. The fourth-order valence-corrected chi connectivity index (χ4v) is 1.33. The van der Waals surface area contributed by atoms with Gasteiger partial charge in [-0.2, -0.15) is 0 Å². The molecule has 0 saturated heterocycles. The summed E-state index contributed by atoms with van der Waals surface area (Å²) in [4.78, 5) is 14.0. The number of nitrogens with one attached hydrogen (secondary N) is 1. The quantitative estimate of drug-likeness (QED) is 0.610. The lowest BCUT2D eigenvalue weighted by Gasteiger charge is -2.12. The van der Waals surface area contributed by atoms with Crippen molar-refractivity contribution in [2.75, 3.05) is 11.9 Å². The fraction of sp³-hybridized carbons (Fsp3) is 0.444. The largest absolute Gasteiger partial charge is 0.396 e. The molecule has 0 saturated carbocycles. The monoisotopic (exact) mass is 245 g/mol. The highest BCUT2D eigenvalue weighted by Gasteiger charge is 2.17. The lowest BCUT2D eigenvalue weighted by Crippen LogP contribution is -2.18. The Balaban J connectivity index is 2.90. The number of anilines is 1. The number of aromatic nitrogens is 1. The molecule has 2 N–H and O–H groups in total. The van der Waals surface area contributed by atoms with Crippen LogP contribution in [0.4, 0.5) is 11.5 Å². The number of pyridine rings is 1. The van der Waals surface area contributed by atoms with Gasteiger partial charge in [0.2, 0.25) is 5.82 Å². The summed E-state index contributed by atoms with van der Waals surface area (Å²) >= 11 is 5.62. The third kappa shape index (κ3) is 3.32. The second-order valence-electron chi connectivity index (χ2n) is 3.34. The number of nitrogens with zero attached hydrogens (tertiary/aromatic N) is 2. The molecule has 16 heavy (non-hydrogen) atoms. The first kappa shape index (κ1) is 12.7. The number of halogens is 1. The van der Waals surface area contributed by atoms with Crippen molar-refractivity contribution < 1.29 is 10.0 Å². The summed E-state index contributed by atoms with van der Waals surface area (Å²) in [6.07, 6.45) is 1.82. The van der Waals surface area contributed by atoms with E-state index in [-0.39, 0.29) is 29.2 Å². The van der Waals surface area contributed by atoms with Crippen LogP contribution in [0.2, 0.25) is 5.02 Å². The third-order valence-corrected chi connectivity index (χ3v) is 2.18. The minimum Gasteiger partial charge on any atom is -0.396 e. The lowest BCUT2D eigenvalue weighted by molar-refractivity contribution is -0.384. The predicted octanol–water partition coefficient (Wildman–Crippen LogP) is 1.83. The summed E-state index contributed by atoms with van der Waals surface area (Å²) in [5, 5.41) is 22.5. The Hall–Kier alpha value is -1.40. The lowest BCUT2D eigenvalue weighted by atomic mass is 10.2. The summed E-state index contributed by atoms with van der Waals surface area (Å²) < 4.78 is 0. The van der Waals surface area contributed by atoms with Crippen molar-refractivity contribution in [3.63, 3.8) is 0 Å². The summed E-state index contributed by atoms with van der Waals surface area (Å²) in [5.74, 6) is 0.162. The van der Waals surface area contributed by atoms with Gasteiger partial charge in [-0.1, -0.05) is 11.6 Å². The van der Waals surface area contributed by atoms with E-state index in [9.17, 15) is 10.1 Å². The van der Waals surface area contributed by atoms with Crippen LogP contribution in [0.3, 0.4) is 0 Å². The molecule has 0 radical (unpaired) electrons. The highest BCUT2D eigenvalue weighted by atomic mass is 35.5. The highest BCUT2D eigenvalue weighted by molar-refractivity contribution is 6.30. The molecule has 1 rings (SSSR count). The molecule has 1 aromatic rings. The van der Waals surface area contributed by atoms with E-state index in [1.807, 2.05) is 0 Å². The third-order valence-electron chi connectivity index (χ3n) is 1.98. The summed E-state index contributed by atoms with van der Waals surface area (Å²) in [6.45, 7) is 1.81. The fourth-order valence-electron chi connectivity index (χ4n) is 1.18. The number of nitro groups is 1. The van der Waals surface area contributed by atoms with Crippen LogP contribution in [-0.4, -0.2) is 27.7 Å². The Morgan fingerprint density at radius 1 is 1.75 bits per heavy atom. The molecule has 0 aromatic carbocycles. The molecule has 6 nitrogen and oxygen atoms in total. The number of hydrogen-bond donors (Lipinski definition) is 2. The van der Waals surface area contributed by atoms with Crippen molar-refractivity contribution in [1.82, 2.24) is 4.98 Å². The van der Waals surface area contributed by atoms with Gasteiger partial charge in [0.1, 0.15) is 0 Å². The zero-order valence-corrected chi connectivity index (χ0v) is 9.44. The predicted molar refractivity (Wildman–Crippen MR) is 60.7 cm³/mol. The van der Waals surface area contributed by atoms with E-state index in [2.05, 4.69) is 10.3 Å². The van der Waals surface area contributed by atoms with Crippen LogP contribution in [0.25, 0.3) is 0 Å². The molecule has 0 bridgehead atoms. The first-order valence-corrected chi connectivity index (χ1v) is 5.09. The number of rotatable bonds is 5. The van der Waals surface area contributed by atoms with Gasteiger partial charge in [-0.25, -0.2) is 4.98 Å².